The molecule has 14 heavy (non-hydrogen) atoms. The van der Waals surface area contributed by atoms with Crippen LogP contribution in [0.4, 0.5) is 0 Å². The fourth-order valence-electron chi connectivity index (χ4n) is 0.499. The molecule has 4 heteroatoms. The van der Waals surface area contributed by atoms with Crippen LogP contribution in [0.15, 0.2) is 0 Å². The Labute approximate surface area is 82.6 Å². The number of rotatable bonds is 2. The fraction of sp³-hybridized carbons (Fsp3) is 0.400. The summed E-state index contributed by atoms with van der Waals surface area (Å²) in [5, 5.41) is 0. The van der Waals surface area contributed by atoms with E-state index >= 15 is 0 Å². The molecule has 0 radical (unpaired) electrons. The first-order valence-corrected chi connectivity index (χ1v) is 4.06. The minimum atomic E-state index is -0.661. The van der Waals surface area contributed by atoms with E-state index in [0.717, 1.165) is 0 Å². The summed E-state index contributed by atoms with van der Waals surface area (Å²) in [7, 11) is 0. The quantitative estimate of drug-likeness (QED) is 0.356. The van der Waals surface area contributed by atoms with E-state index in [1.54, 1.807) is 13.8 Å². The van der Waals surface area contributed by atoms with Crippen LogP contribution in [0.5, 0.6) is 0 Å². The zero-order valence-electron chi connectivity index (χ0n) is 8.05. The van der Waals surface area contributed by atoms with Crippen LogP contribution in [0.2, 0.25) is 0 Å². The Balaban J connectivity index is 4.01. The van der Waals surface area contributed by atoms with Crippen LogP contribution >= 0.6 is 0 Å². The first-order valence-electron chi connectivity index (χ1n) is 4.06. The highest BCUT2D eigenvalue weighted by Gasteiger charge is 1.92. The van der Waals surface area contributed by atoms with E-state index in [0.29, 0.717) is 0 Å². The molecule has 0 aliphatic carbocycles. The lowest BCUT2D eigenvalue weighted by atomic mass is 10.5. The summed E-state index contributed by atoms with van der Waals surface area (Å²) >= 11 is 0. The van der Waals surface area contributed by atoms with E-state index in [2.05, 4.69) is 33.2 Å². The van der Waals surface area contributed by atoms with E-state index < -0.39 is 11.9 Å². The molecular formula is C10H10O4. The molecule has 0 aromatic heterocycles. The average molecular weight is 194 g/mol. The third-order valence-corrected chi connectivity index (χ3v) is 0.942. The Morgan fingerprint density at radius 1 is 0.929 bits per heavy atom. The molecule has 0 saturated carbocycles. The Hall–Kier alpha value is -1.94. The minimum Gasteiger partial charge on any atom is -0.456 e. The molecule has 0 aliphatic heterocycles. The van der Waals surface area contributed by atoms with Gasteiger partial charge in [-0.2, -0.15) is 0 Å². The van der Waals surface area contributed by atoms with Gasteiger partial charge in [0.2, 0.25) is 0 Å². The van der Waals surface area contributed by atoms with Crippen LogP contribution in [0.1, 0.15) is 13.8 Å². The summed E-state index contributed by atoms with van der Waals surface area (Å²) in [5.41, 5.74) is 0. The maximum Gasteiger partial charge on any atom is 0.385 e. The van der Waals surface area contributed by atoms with Crippen molar-refractivity contribution in [2.45, 2.75) is 13.8 Å². The molecule has 0 bridgehead atoms. The SMILES string of the molecule is CCOC(=O)C#CC#CC(=O)OCC. The van der Waals surface area contributed by atoms with Gasteiger partial charge in [-0.25, -0.2) is 9.59 Å². The van der Waals surface area contributed by atoms with Gasteiger partial charge >= 0.3 is 11.9 Å². The van der Waals surface area contributed by atoms with Gasteiger partial charge < -0.3 is 9.47 Å². The third-order valence-electron chi connectivity index (χ3n) is 0.942. The number of esters is 2. The van der Waals surface area contributed by atoms with Gasteiger partial charge in [0, 0.05) is 11.8 Å². The fourth-order valence-corrected chi connectivity index (χ4v) is 0.499. The summed E-state index contributed by atoms with van der Waals surface area (Å²) < 4.78 is 9.00. The standard InChI is InChI=1S/C10H10O4/c1-3-13-9(11)7-5-6-8-10(12)14-4-2/h3-4H2,1-2H3. The second kappa shape index (κ2) is 7.70. The molecule has 0 spiro atoms. The Morgan fingerprint density at radius 2 is 1.29 bits per heavy atom. The Kier molecular flexibility index (Phi) is 6.63. The van der Waals surface area contributed by atoms with Crippen molar-refractivity contribution in [1.29, 1.82) is 0 Å². The summed E-state index contributed by atoms with van der Waals surface area (Å²) in [6.45, 7) is 3.87. The van der Waals surface area contributed by atoms with Crippen molar-refractivity contribution in [2.24, 2.45) is 0 Å². The predicted molar refractivity (Wildman–Crippen MR) is 48.8 cm³/mol. The zero-order valence-corrected chi connectivity index (χ0v) is 8.05. The highest BCUT2D eigenvalue weighted by molar-refractivity contribution is 5.91. The lowest BCUT2D eigenvalue weighted by Gasteiger charge is -1.89. The molecule has 0 unspecified atom stereocenters. The maximum atomic E-state index is 10.6. The van der Waals surface area contributed by atoms with E-state index in [4.69, 9.17) is 0 Å². The molecule has 0 fully saturated rings. The topological polar surface area (TPSA) is 52.6 Å². The minimum absolute atomic E-state index is 0.263. The first-order chi connectivity index (χ1) is 6.70. The van der Waals surface area contributed by atoms with Crippen LogP contribution in [0.25, 0.3) is 0 Å². The molecule has 0 N–H and O–H groups in total. The monoisotopic (exact) mass is 194 g/mol. The predicted octanol–water partition coefficient (Wildman–Crippen LogP) is 0.119. The van der Waals surface area contributed by atoms with Crippen molar-refractivity contribution in [1.82, 2.24) is 0 Å². The van der Waals surface area contributed by atoms with Gasteiger partial charge in [-0.3, -0.25) is 0 Å². The Morgan fingerprint density at radius 3 is 1.57 bits per heavy atom. The van der Waals surface area contributed by atoms with Gasteiger partial charge in [0.1, 0.15) is 0 Å². The van der Waals surface area contributed by atoms with Gasteiger partial charge in [-0.1, -0.05) is 0 Å². The largest absolute Gasteiger partial charge is 0.456 e. The van der Waals surface area contributed by atoms with Crippen LogP contribution in [-0.4, -0.2) is 25.2 Å². The van der Waals surface area contributed by atoms with Crippen LogP contribution in [-0.2, 0) is 19.1 Å². The van der Waals surface area contributed by atoms with Gasteiger partial charge in [0.15, 0.2) is 0 Å². The molecule has 0 heterocycles. The average Bonchev–Trinajstić information content (AvgIpc) is 2.13. The van der Waals surface area contributed by atoms with Crippen molar-refractivity contribution in [2.75, 3.05) is 13.2 Å². The number of carbonyl (C=O) groups is 2. The van der Waals surface area contributed by atoms with E-state index in [1.807, 2.05) is 0 Å². The van der Waals surface area contributed by atoms with Crippen molar-refractivity contribution in [3.8, 4) is 23.7 Å². The van der Waals surface area contributed by atoms with Crippen LogP contribution in [0.3, 0.4) is 0 Å². The second-order valence-electron chi connectivity index (χ2n) is 1.94. The highest BCUT2D eigenvalue weighted by atomic mass is 16.5. The molecule has 4 nitrogen and oxygen atoms in total. The van der Waals surface area contributed by atoms with E-state index in [1.165, 1.54) is 0 Å². The van der Waals surface area contributed by atoms with E-state index in [-0.39, 0.29) is 13.2 Å². The lowest BCUT2D eigenvalue weighted by Crippen LogP contribution is -2.00. The van der Waals surface area contributed by atoms with Crippen molar-refractivity contribution in [3.63, 3.8) is 0 Å². The third kappa shape index (κ3) is 6.75. The molecular weight excluding hydrogens is 184 g/mol. The van der Waals surface area contributed by atoms with E-state index in [9.17, 15) is 9.59 Å². The summed E-state index contributed by atoms with van der Waals surface area (Å²) in [4.78, 5) is 21.3. The lowest BCUT2D eigenvalue weighted by molar-refractivity contribution is -0.137. The molecule has 0 rings (SSSR count). The summed E-state index contributed by atoms with van der Waals surface area (Å²) in [5.74, 6) is 7.20. The number of hydrogen-bond acceptors (Lipinski definition) is 4. The highest BCUT2D eigenvalue weighted by Crippen LogP contribution is 1.74. The molecule has 74 valence electrons. The van der Waals surface area contributed by atoms with Gasteiger partial charge in [0.25, 0.3) is 0 Å². The molecule has 0 aliphatic rings. The zero-order chi connectivity index (χ0) is 10.8. The molecule has 0 aromatic rings. The van der Waals surface area contributed by atoms with Crippen molar-refractivity contribution >= 4 is 11.9 Å². The smallest absolute Gasteiger partial charge is 0.385 e. The number of hydrogen-bond donors (Lipinski definition) is 0. The Bertz CT molecular complexity index is 288. The maximum absolute atomic E-state index is 10.6. The normalized spacial score (nSPS) is 7.29. The molecule has 0 aromatic carbocycles. The van der Waals surface area contributed by atoms with Crippen LogP contribution < -0.4 is 0 Å². The molecule has 0 amide bonds. The first kappa shape index (κ1) is 12.1. The summed E-state index contributed by atoms with van der Waals surface area (Å²) in [6, 6.07) is 0. The van der Waals surface area contributed by atoms with Gasteiger partial charge in [0.05, 0.1) is 13.2 Å². The van der Waals surface area contributed by atoms with Crippen LogP contribution in [0, 0.1) is 23.7 Å². The molecule has 0 atom stereocenters. The van der Waals surface area contributed by atoms with Gasteiger partial charge in [-0.05, 0) is 25.7 Å². The summed E-state index contributed by atoms with van der Waals surface area (Å²) in [6.07, 6.45) is 0. The molecule has 0 saturated heterocycles. The number of carbonyl (C=O) groups excluding carboxylic acids is 2. The van der Waals surface area contributed by atoms with Crippen molar-refractivity contribution in [3.05, 3.63) is 0 Å². The van der Waals surface area contributed by atoms with Gasteiger partial charge in [-0.15, -0.1) is 0 Å². The number of ether oxygens (including phenoxy) is 2. The second-order valence-corrected chi connectivity index (χ2v) is 1.94. The van der Waals surface area contributed by atoms with Crippen molar-refractivity contribution < 1.29 is 19.1 Å².